The highest BCUT2D eigenvalue weighted by molar-refractivity contribution is 5.94. The average molecular weight is 253 g/mol. The molecule has 1 aliphatic carbocycles. The van der Waals surface area contributed by atoms with E-state index in [2.05, 4.69) is 12.2 Å². The Balaban J connectivity index is 2.19. The third kappa shape index (κ3) is 6.42. The molecule has 0 aliphatic heterocycles. The summed E-state index contributed by atoms with van der Waals surface area (Å²) in [4.78, 5) is 22.8. The molecule has 1 N–H and O–H groups in total. The molecular weight excluding hydrogens is 230 g/mol. The van der Waals surface area contributed by atoms with Crippen LogP contribution in [0.1, 0.15) is 51.9 Å². The minimum absolute atomic E-state index is 0.0408. The molecule has 18 heavy (non-hydrogen) atoms. The molecule has 4 nitrogen and oxygen atoms in total. The Morgan fingerprint density at radius 3 is 2.61 bits per heavy atom. The predicted molar refractivity (Wildman–Crippen MR) is 70.0 cm³/mol. The number of esters is 1. The molecule has 4 heteroatoms. The lowest BCUT2D eigenvalue weighted by Crippen LogP contribution is -2.23. The van der Waals surface area contributed by atoms with E-state index in [-0.39, 0.29) is 12.0 Å². The van der Waals surface area contributed by atoms with E-state index < -0.39 is 5.97 Å². The third-order valence-corrected chi connectivity index (χ3v) is 3.04. The summed E-state index contributed by atoms with van der Waals surface area (Å²) in [6.07, 6.45) is 9.86. The largest absolute Gasteiger partial charge is 0.459 e. The Bertz CT molecular complexity index is 293. The summed E-state index contributed by atoms with van der Waals surface area (Å²) in [5.41, 5.74) is 0. The standard InChI is InChI=1S/C14H23NO3/c1-2-3-11-15-13(16)9-10-14(17)18-12-7-5-4-6-8-12/h9-10,12H,2-8,11H2,1H3,(H,15,16). The van der Waals surface area contributed by atoms with E-state index in [1.807, 2.05) is 0 Å². The van der Waals surface area contributed by atoms with Crippen molar-refractivity contribution in [2.45, 2.75) is 58.0 Å². The second kappa shape index (κ2) is 8.72. The van der Waals surface area contributed by atoms with Gasteiger partial charge in [-0.3, -0.25) is 4.79 Å². The summed E-state index contributed by atoms with van der Waals surface area (Å²) >= 11 is 0. The summed E-state index contributed by atoms with van der Waals surface area (Å²) in [5.74, 6) is -0.642. The normalized spacial score (nSPS) is 16.7. The molecule has 1 amide bonds. The van der Waals surface area contributed by atoms with Crippen LogP contribution in [0.2, 0.25) is 0 Å². The van der Waals surface area contributed by atoms with E-state index in [0.717, 1.165) is 38.5 Å². The van der Waals surface area contributed by atoms with Crippen molar-refractivity contribution in [1.82, 2.24) is 5.32 Å². The van der Waals surface area contributed by atoms with Crippen molar-refractivity contribution in [1.29, 1.82) is 0 Å². The van der Waals surface area contributed by atoms with Crippen LogP contribution in [0.25, 0.3) is 0 Å². The number of ether oxygens (including phenoxy) is 1. The lowest BCUT2D eigenvalue weighted by molar-refractivity contribution is -0.144. The molecule has 1 fully saturated rings. The van der Waals surface area contributed by atoms with Gasteiger partial charge in [-0.1, -0.05) is 19.8 Å². The minimum atomic E-state index is -0.410. The molecule has 0 aromatic heterocycles. The summed E-state index contributed by atoms with van der Waals surface area (Å²) in [6.45, 7) is 2.71. The van der Waals surface area contributed by atoms with Gasteiger partial charge in [0.2, 0.25) is 5.91 Å². The molecule has 102 valence electrons. The van der Waals surface area contributed by atoms with E-state index in [1.165, 1.54) is 18.6 Å². The molecule has 0 bridgehead atoms. The molecule has 0 radical (unpaired) electrons. The Morgan fingerprint density at radius 1 is 1.22 bits per heavy atom. The summed E-state index contributed by atoms with van der Waals surface area (Å²) in [6, 6.07) is 0. The molecule has 0 heterocycles. The molecule has 0 aromatic carbocycles. The molecular formula is C14H23NO3. The van der Waals surface area contributed by atoms with Crippen molar-refractivity contribution in [2.24, 2.45) is 0 Å². The molecule has 1 aliphatic rings. The molecule has 0 unspecified atom stereocenters. The Hall–Kier alpha value is -1.32. The van der Waals surface area contributed by atoms with Gasteiger partial charge in [0.1, 0.15) is 6.10 Å². The second-order valence-corrected chi connectivity index (χ2v) is 4.67. The highest BCUT2D eigenvalue weighted by Crippen LogP contribution is 2.20. The number of carbonyl (C=O) groups excluding carboxylic acids is 2. The van der Waals surface area contributed by atoms with Crippen molar-refractivity contribution < 1.29 is 14.3 Å². The van der Waals surface area contributed by atoms with Gasteiger partial charge < -0.3 is 10.1 Å². The van der Waals surface area contributed by atoms with Gasteiger partial charge in [-0.2, -0.15) is 0 Å². The smallest absolute Gasteiger partial charge is 0.331 e. The zero-order valence-electron chi connectivity index (χ0n) is 11.1. The maximum Gasteiger partial charge on any atom is 0.331 e. The highest BCUT2D eigenvalue weighted by Gasteiger charge is 2.16. The number of nitrogens with one attached hydrogen (secondary N) is 1. The fourth-order valence-corrected chi connectivity index (χ4v) is 1.98. The lowest BCUT2D eigenvalue weighted by atomic mass is 9.98. The zero-order valence-corrected chi connectivity index (χ0v) is 11.1. The number of amides is 1. The first-order chi connectivity index (χ1) is 8.72. The van der Waals surface area contributed by atoms with Gasteiger partial charge in [0, 0.05) is 18.7 Å². The number of hydrogen-bond donors (Lipinski definition) is 1. The molecule has 0 atom stereocenters. The Labute approximate surface area is 109 Å². The van der Waals surface area contributed by atoms with Gasteiger partial charge in [-0.05, 0) is 32.1 Å². The topological polar surface area (TPSA) is 55.4 Å². The average Bonchev–Trinajstić information content (AvgIpc) is 2.38. The number of unbranched alkanes of at least 4 members (excludes halogenated alkanes) is 1. The Morgan fingerprint density at radius 2 is 1.94 bits per heavy atom. The SMILES string of the molecule is CCCCNC(=O)C=CC(=O)OC1CCCCC1. The van der Waals surface area contributed by atoms with Gasteiger partial charge in [0.25, 0.3) is 0 Å². The summed E-state index contributed by atoms with van der Waals surface area (Å²) < 4.78 is 5.26. The molecule has 1 rings (SSSR count). The van der Waals surface area contributed by atoms with Crippen LogP contribution in [0.15, 0.2) is 12.2 Å². The monoisotopic (exact) mass is 253 g/mol. The van der Waals surface area contributed by atoms with Crippen molar-refractivity contribution in [2.75, 3.05) is 6.54 Å². The zero-order chi connectivity index (χ0) is 13.2. The minimum Gasteiger partial charge on any atom is -0.459 e. The van der Waals surface area contributed by atoms with Gasteiger partial charge >= 0.3 is 5.97 Å². The van der Waals surface area contributed by atoms with E-state index in [4.69, 9.17) is 4.74 Å². The van der Waals surface area contributed by atoms with Crippen LogP contribution < -0.4 is 5.32 Å². The van der Waals surface area contributed by atoms with Crippen LogP contribution >= 0.6 is 0 Å². The van der Waals surface area contributed by atoms with Crippen LogP contribution in [0.5, 0.6) is 0 Å². The first kappa shape index (κ1) is 14.7. The number of rotatable bonds is 6. The number of hydrogen-bond acceptors (Lipinski definition) is 3. The van der Waals surface area contributed by atoms with Gasteiger partial charge in [-0.25, -0.2) is 4.79 Å². The van der Waals surface area contributed by atoms with Crippen LogP contribution in [0, 0.1) is 0 Å². The van der Waals surface area contributed by atoms with Crippen LogP contribution in [-0.4, -0.2) is 24.5 Å². The fourth-order valence-electron chi connectivity index (χ4n) is 1.98. The predicted octanol–water partition coefficient (Wildman–Crippen LogP) is 2.33. The fraction of sp³-hybridized carbons (Fsp3) is 0.714. The summed E-state index contributed by atoms with van der Waals surface area (Å²) in [7, 11) is 0. The van der Waals surface area contributed by atoms with Crippen LogP contribution in [0.3, 0.4) is 0 Å². The van der Waals surface area contributed by atoms with Gasteiger partial charge in [0.15, 0.2) is 0 Å². The van der Waals surface area contributed by atoms with Gasteiger partial charge in [-0.15, -0.1) is 0 Å². The molecule has 0 saturated heterocycles. The lowest BCUT2D eigenvalue weighted by Gasteiger charge is -2.20. The first-order valence-corrected chi connectivity index (χ1v) is 6.89. The van der Waals surface area contributed by atoms with Crippen molar-refractivity contribution in [3.63, 3.8) is 0 Å². The Kier molecular flexibility index (Phi) is 7.14. The first-order valence-electron chi connectivity index (χ1n) is 6.89. The quantitative estimate of drug-likeness (QED) is 0.449. The van der Waals surface area contributed by atoms with Crippen molar-refractivity contribution in [3.8, 4) is 0 Å². The highest BCUT2D eigenvalue weighted by atomic mass is 16.5. The van der Waals surface area contributed by atoms with E-state index in [1.54, 1.807) is 0 Å². The van der Waals surface area contributed by atoms with Crippen LogP contribution in [0.4, 0.5) is 0 Å². The van der Waals surface area contributed by atoms with E-state index >= 15 is 0 Å². The third-order valence-electron chi connectivity index (χ3n) is 3.04. The molecule has 0 spiro atoms. The van der Waals surface area contributed by atoms with Gasteiger partial charge in [0.05, 0.1) is 0 Å². The maximum absolute atomic E-state index is 11.5. The molecule has 1 saturated carbocycles. The van der Waals surface area contributed by atoms with Crippen molar-refractivity contribution in [3.05, 3.63) is 12.2 Å². The van der Waals surface area contributed by atoms with E-state index in [9.17, 15) is 9.59 Å². The number of carbonyl (C=O) groups is 2. The van der Waals surface area contributed by atoms with Crippen molar-refractivity contribution >= 4 is 11.9 Å². The second-order valence-electron chi connectivity index (χ2n) is 4.67. The van der Waals surface area contributed by atoms with Crippen LogP contribution in [-0.2, 0) is 14.3 Å². The summed E-state index contributed by atoms with van der Waals surface area (Å²) in [5, 5.41) is 2.71. The van der Waals surface area contributed by atoms with E-state index in [0.29, 0.717) is 6.54 Å². The maximum atomic E-state index is 11.5. The molecule has 0 aromatic rings.